The van der Waals surface area contributed by atoms with Gasteiger partial charge in [0, 0.05) is 17.0 Å². The Morgan fingerprint density at radius 2 is 1.79 bits per heavy atom. The summed E-state index contributed by atoms with van der Waals surface area (Å²) < 4.78 is 5.23. The third-order valence-corrected chi connectivity index (χ3v) is 3.08. The first-order chi connectivity index (χ1) is 6.65. The lowest BCUT2D eigenvalue weighted by Crippen LogP contribution is -1.89. The van der Waals surface area contributed by atoms with Gasteiger partial charge >= 0.3 is 0 Å². The quantitative estimate of drug-likeness (QED) is 0.759. The van der Waals surface area contributed by atoms with Gasteiger partial charge < -0.3 is 0 Å². The summed E-state index contributed by atoms with van der Waals surface area (Å²) in [4.78, 5) is 8.64. The Balaban J connectivity index is 2.51. The van der Waals surface area contributed by atoms with E-state index in [2.05, 4.69) is 36.9 Å². The minimum atomic E-state index is 0.799. The molecule has 2 rings (SSSR count). The number of aromatic nitrogens is 3. The minimum absolute atomic E-state index is 0.799. The van der Waals surface area contributed by atoms with Crippen molar-refractivity contribution in [2.45, 2.75) is 13.8 Å². The summed E-state index contributed by atoms with van der Waals surface area (Å²) in [5.74, 6) is 0.799. The molecule has 3 nitrogen and oxygen atoms in total. The first kappa shape index (κ1) is 9.97. The van der Waals surface area contributed by atoms with Crippen LogP contribution < -0.4 is 0 Å². The number of hydrogen-bond donors (Lipinski definition) is 0. The van der Waals surface area contributed by atoms with E-state index in [9.17, 15) is 0 Å². The smallest absolute Gasteiger partial charge is 0.174 e. The van der Waals surface area contributed by atoms with Crippen molar-refractivity contribution in [3.63, 3.8) is 0 Å². The average molecular weight is 317 g/mol. The standard InChI is InChI=1S/C9H8IN3S/c1-5-3-7(4-6(2)11-5)8-12-9(10)14-13-8/h3-4H,1-2H3. The molecule has 0 aromatic carbocycles. The SMILES string of the molecule is Cc1cc(-c2nsc(I)n2)cc(C)n1. The third kappa shape index (κ3) is 2.09. The molecule has 2 heterocycles. The van der Waals surface area contributed by atoms with Crippen molar-refractivity contribution >= 4 is 34.1 Å². The first-order valence-electron chi connectivity index (χ1n) is 4.10. The average Bonchev–Trinajstić information content (AvgIpc) is 2.50. The van der Waals surface area contributed by atoms with Crippen LogP contribution >= 0.6 is 34.1 Å². The molecule has 14 heavy (non-hydrogen) atoms. The van der Waals surface area contributed by atoms with E-state index < -0.39 is 0 Å². The zero-order chi connectivity index (χ0) is 10.1. The third-order valence-electron chi connectivity index (χ3n) is 1.74. The van der Waals surface area contributed by atoms with Gasteiger partial charge in [-0.3, -0.25) is 4.98 Å². The van der Waals surface area contributed by atoms with Gasteiger partial charge in [0.15, 0.2) is 8.84 Å². The van der Waals surface area contributed by atoms with E-state index in [0.717, 1.165) is 25.8 Å². The molecule has 2 aromatic heterocycles. The van der Waals surface area contributed by atoms with Gasteiger partial charge in [-0.25, -0.2) is 4.98 Å². The summed E-state index contributed by atoms with van der Waals surface area (Å²) in [6.07, 6.45) is 0. The maximum atomic E-state index is 4.33. The number of nitrogens with zero attached hydrogens (tertiary/aromatic N) is 3. The van der Waals surface area contributed by atoms with E-state index in [1.54, 1.807) is 0 Å². The van der Waals surface area contributed by atoms with Crippen molar-refractivity contribution in [1.82, 2.24) is 14.3 Å². The van der Waals surface area contributed by atoms with Gasteiger partial charge in [0.05, 0.1) is 0 Å². The second kappa shape index (κ2) is 3.90. The monoisotopic (exact) mass is 317 g/mol. The van der Waals surface area contributed by atoms with Crippen LogP contribution in [-0.2, 0) is 0 Å². The predicted octanol–water partition coefficient (Wildman–Crippen LogP) is 2.82. The predicted molar refractivity (Wildman–Crippen MR) is 65.3 cm³/mol. The molecule has 2 aromatic rings. The Labute approximate surface area is 99.9 Å². The van der Waals surface area contributed by atoms with E-state index >= 15 is 0 Å². The van der Waals surface area contributed by atoms with Crippen LogP contribution in [0.5, 0.6) is 0 Å². The molecular weight excluding hydrogens is 309 g/mol. The van der Waals surface area contributed by atoms with Crippen LogP contribution in [0, 0.1) is 16.9 Å². The second-order valence-corrected chi connectivity index (χ2v) is 5.52. The summed E-state index contributed by atoms with van der Waals surface area (Å²) in [6, 6.07) is 4.01. The Hall–Kier alpha value is -0.560. The number of halogens is 1. The number of pyridine rings is 1. The normalized spacial score (nSPS) is 10.5. The molecule has 0 N–H and O–H groups in total. The van der Waals surface area contributed by atoms with Gasteiger partial charge in [-0.1, -0.05) is 0 Å². The van der Waals surface area contributed by atoms with Crippen LogP contribution in [0.3, 0.4) is 0 Å². The maximum absolute atomic E-state index is 4.33. The molecule has 0 aliphatic carbocycles. The molecule has 72 valence electrons. The van der Waals surface area contributed by atoms with Crippen molar-refractivity contribution in [3.05, 3.63) is 26.5 Å². The fourth-order valence-electron chi connectivity index (χ4n) is 1.29. The van der Waals surface area contributed by atoms with E-state index in [0.29, 0.717) is 0 Å². The van der Waals surface area contributed by atoms with Crippen LogP contribution in [0.25, 0.3) is 11.4 Å². The van der Waals surface area contributed by atoms with E-state index in [1.165, 1.54) is 11.5 Å². The maximum Gasteiger partial charge on any atom is 0.174 e. The Morgan fingerprint density at radius 1 is 1.14 bits per heavy atom. The fourth-order valence-corrected chi connectivity index (χ4v) is 2.25. The molecule has 0 radical (unpaired) electrons. The lowest BCUT2D eigenvalue weighted by atomic mass is 10.2. The molecule has 0 aliphatic rings. The van der Waals surface area contributed by atoms with Crippen molar-refractivity contribution in [2.24, 2.45) is 0 Å². The summed E-state index contributed by atoms with van der Waals surface area (Å²) >= 11 is 3.59. The summed E-state index contributed by atoms with van der Waals surface area (Å²) in [5, 5.41) is 0. The highest BCUT2D eigenvalue weighted by atomic mass is 127. The van der Waals surface area contributed by atoms with E-state index in [1.807, 2.05) is 26.0 Å². The molecule has 0 saturated heterocycles. The molecule has 0 saturated carbocycles. The molecule has 0 fully saturated rings. The summed E-state index contributed by atoms with van der Waals surface area (Å²) in [7, 11) is 0. The highest BCUT2D eigenvalue weighted by Gasteiger charge is 2.05. The molecular formula is C9H8IN3S. The minimum Gasteiger partial charge on any atom is -0.258 e. The Kier molecular flexibility index (Phi) is 2.78. The number of hydrogen-bond acceptors (Lipinski definition) is 4. The van der Waals surface area contributed by atoms with Gasteiger partial charge in [0.1, 0.15) is 0 Å². The van der Waals surface area contributed by atoms with Gasteiger partial charge in [0.2, 0.25) is 0 Å². The molecule has 0 atom stereocenters. The Morgan fingerprint density at radius 3 is 2.29 bits per heavy atom. The highest BCUT2D eigenvalue weighted by molar-refractivity contribution is 14.1. The second-order valence-electron chi connectivity index (χ2n) is 3.01. The van der Waals surface area contributed by atoms with E-state index in [-0.39, 0.29) is 0 Å². The molecule has 0 unspecified atom stereocenters. The Bertz CT molecular complexity index is 447. The molecule has 0 amide bonds. The van der Waals surface area contributed by atoms with Gasteiger partial charge in [-0.2, -0.15) is 4.37 Å². The van der Waals surface area contributed by atoms with E-state index in [4.69, 9.17) is 0 Å². The zero-order valence-corrected chi connectivity index (χ0v) is 10.8. The van der Waals surface area contributed by atoms with Crippen LogP contribution in [0.4, 0.5) is 0 Å². The van der Waals surface area contributed by atoms with Gasteiger partial charge in [0.25, 0.3) is 0 Å². The highest BCUT2D eigenvalue weighted by Crippen LogP contribution is 2.20. The van der Waals surface area contributed by atoms with Gasteiger partial charge in [-0.05, 0) is 60.1 Å². The van der Waals surface area contributed by atoms with Crippen molar-refractivity contribution in [1.29, 1.82) is 0 Å². The molecule has 0 spiro atoms. The van der Waals surface area contributed by atoms with Crippen LogP contribution in [0.2, 0.25) is 0 Å². The molecule has 0 aliphatic heterocycles. The molecule has 0 bridgehead atoms. The zero-order valence-electron chi connectivity index (χ0n) is 7.78. The lowest BCUT2D eigenvalue weighted by Gasteiger charge is -1.99. The van der Waals surface area contributed by atoms with Crippen LogP contribution in [0.15, 0.2) is 12.1 Å². The van der Waals surface area contributed by atoms with Crippen molar-refractivity contribution in [3.8, 4) is 11.4 Å². The molecule has 5 heteroatoms. The number of rotatable bonds is 1. The van der Waals surface area contributed by atoms with Crippen molar-refractivity contribution < 1.29 is 0 Å². The van der Waals surface area contributed by atoms with Crippen LogP contribution in [0.1, 0.15) is 11.4 Å². The van der Waals surface area contributed by atoms with Crippen LogP contribution in [-0.4, -0.2) is 14.3 Å². The largest absolute Gasteiger partial charge is 0.258 e. The lowest BCUT2D eigenvalue weighted by molar-refractivity contribution is 1.12. The summed E-state index contributed by atoms with van der Waals surface area (Å²) in [6.45, 7) is 3.96. The fraction of sp³-hybridized carbons (Fsp3) is 0.222. The first-order valence-corrected chi connectivity index (χ1v) is 5.95. The topological polar surface area (TPSA) is 38.7 Å². The summed E-state index contributed by atoms with van der Waals surface area (Å²) in [5.41, 5.74) is 3.06. The van der Waals surface area contributed by atoms with Gasteiger partial charge in [-0.15, -0.1) is 0 Å². The van der Waals surface area contributed by atoms with Crippen molar-refractivity contribution in [2.75, 3.05) is 0 Å². The number of aryl methyl sites for hydroxylation is 2.